The van der Waals surface area contributed by atoms with Gasteiger partial charge in [-0.25, -0.2) is 4.98 Å². The van der Waals surface area contributed by atoms with Crippen molar-refractivity contribution in [2.45, 2.75) is 37.7 Å². The first-order valence-electron chi connectivity index (χ1n) is 7.38. The van der Waals surface area contributed by atoms with Gasteiger partial charge < -0.3 is 15.7 Å². The highest BCUT2D eigenvalue weighted by atomic mass is 16.6. The zero-order chi connectivity index (χ0) is 15.0. The Bertz CT molecular complexity index is 565. The van der Waals surface area contributed by atoms with Crippen LogP contribution < -0.4 is 10.6 Å². The average Bonchev–Trinajstić information content (AvgIpc) is 2.45. The third-order valence-corrected chi connectivity index (χ3v) is 4.84. The van der Waals surface area contributed by atoms with Crippen molar-refractivity contribution in [3.8, 4) is 0 Å². The zero-order valence-electron chi connectivity index (χ0n) is 11.9. The van der Waals surface area contributed by atoms with E-state index in [2.05, 4.69) is 9.88 Å². The Hall–Kier alpha value is -1.89. The number of nitro groups is 1. The van der Waals surface area contributed by atoms with Gasteiger partial charge in [0.05, 0.1) is 10.5 Å². The highest BCUT2D eigenvalue weighted by Crippen LogP contribution is 2.40. The SMILES string of the molecule is Nc1nc(N2CCC3(O)CCCCC3C2)ccc1[N+](=O)[O-]. The van der Waals surface area contributed by atoms with Crippen LogP contribution in [0, 0.1) is 16.0 Å². The topological polar surface area (TPSA) is 106 Å². The van der Waals surface area contributed by atoms with Crippen molar-refractivity contribution < 1.29 is 10.0 Å². The molecule has 0 amide bonds. The van der Waals surface area contributed by atoms with Crippen LogP contribution in [-0.4, -0.2) is 33.7 Å². The predicted octanol–water partition coefficient (Wildman–Crippen LogP) is 1.70. The fourth-order valence-corrected chi connectivity index (χ4v) is 3.57. The number of nitrogens with zero attached hydrogens (tertiary/aromatic N) is 3. The predicted molar refractivity (Wildman–Crippen MR) is 79.0 cm³/mol. The van der Waals surface area contributed by atoms with E-state index in [0.717, 1.165) is 38.6 Å². The van der Waals surface area contributed by atoms with Crippen LogP contribution in [0.1, 0.15) is 32.1 Å². The summed E-state index contributed by atoms with van der Waals surface area (Å²) in [7, 11) is 0. The Morgan fingerprint density at radius 3 is 2.95 bits per heavy atom. The number of rotatable bonds is 2. The van der Waals surface area contributed by atoms with Crippen molar-refractivity contribution in [2.24, 2.45) is 5.92 Å². The lowest BCUT2D eigenvalue weighted by Gasteiger charge is -2.47. The summed E-state index contributed by atoms with van der Waals surface area (Å²) >= 11 is 0. The van der Waals surface area contributed by atoms with Crippen LogP contribution in [0.3, 0.4) is 0 Å². The smallest absolute Gasteiger partial charge is 0.311 e. The molecule has 2 atom stereocenters. The Kier molecular flexibility index (Phi) is 3.44. The van der Waals surface area contributed by atoms with Crippen LogP contribution in [-0.2, 0) is 0 Å². The maximum absolute atomic E-state index is 10.8. The van der Waals surface area contributed by atoms with Gasteiger partial charge in [0.1, 0.15) is 5.82 Å². The van der Waals surface area contributed by atoms with Gasteiger partial charge in [0, 0.05) is 25.1 Å². The molecule has 0 spiro atoms. The number of aromatic nitrogens is 1. The van der Waals surface area contributed by atoms with E-state index in [1.165, 1.54) is 6.07 Å². The van der Waals surface area contributed by atoms with Crippen molar-refractivity contribution >= 4 is 17.3 Å². The van der Waals surface area contributed by atoms with E-state index in [1.807, 2.05) is 0 Å². The molecule has 2 fully saturated rings. The normalized spacial score (nSPS) is 29.0. The molecule has 1 saturated carbocycles. The minimum Gasteiger partial charge on any atom is -0.389 e. The number of fused-ring (bicyclic) bond motifs is 1. The first kappa shape index (κ1) is 14.1. The Balaban J connectivity index is 1.79. The summed E-state index contributed by atoms with van der Waals surface area (Å²) in [6, 6.07) is 3.04. The monoisotopic (exact) mass is 292 g/mol. The first-order valence-corrected chi connectivity index (χ1v) is 7.38. The van der Waals surface area contributed by atoms with Gasteiger partial charge in [-0.05, 0) is 25.3 Å². The summed E-state index contributed by atoms with van der Waals surface area (Å²) in [6.45, 7) is 1.44. The lowest BCUT2D eigenvalue weighted by atomic mass is 9.71. The van der Waals surface area contributed by atoms with Gasteiger partial charge in [0.25, 0.3) is 0 Å². The molecule has 7 heteroatoms. The van der Waals surface area contributed by atoms with Gasteiger partial charge in [-0.3, -0.25) is 10.1 Å². The Morgan fingerprint density at radius 1 is 1.43 bits per heavy atom. The number of pyridine rings is 1. The Morgan fingerprint density at radius 2 is 2.24 bits per heavy atom. The Labute approximate surface area is 122 Å². The van der Waals surface area contributed by atoms with Crippen LogP contribution in [0.15, 0.2) is 12.1 Å². The molecule has 1 aromatic heterocycles. The molecule has 1 aliphatic heterocycles. The third kappa shape index (κ3) is 2.53. The number of piperidine rings is 1. The summed E-state index contributed by atoms with van der Waals surface area (Å²) in [5.74, 6) is 0.853. The molecular weight excluding hydrogens is 272 g/mol. The van der Waals surface area contributed by atoms with E-state index < -0.39 is 10.5 Å². The second-order valence-electron chi connectivity index (χ2n) is 6.07. The van der Waals surface area contributed by atoms with Crippen LogP contribution >= 0.6 is 0 Å². The highest BCUT2D eigenvalue weighted by molar-refractivity contribution is 5.58. The van der Waals surface area contributed by atoms with Crippen molar-refractivity contribution in [3.63, 3.8) is 0 Å². The number of nitrogens with two attached hydrogens (primary N) is 1. The van der Waals surface area contributed by atoms with E-state index in [-0.39, 0.29) is 17.4 Å². The lowest BCUT2D eigenvalue weighted by molar-refractivity contribution is -0.384. The van der Waals surface area contributed by atoms with E-state index in [1.54, 1.807) is 6.07 Å². The molecule has 3 rings (SSSR count). The number of hydrogen-bond donors (Lipinski definition) is 2. The summed E-state index contributed by atoms with van der Waals surface area (Å²) in [5.41, 5.74) is 4.96. The quantitative estimate of drug-likeness (QED) is 0.635. The van der Waals surface area contributed by atoms with Gasteiger partial charge in [-0.15, -0.1) is 0 Å². The maximum Gasteiger partial charge on any atom is 0.311 e. The lowest BCUT2D eigenvalue weighted by Crippen LogP contribution is -2.53. The van der Waals surface area contributed by atoms with Crippen molar-refractivity contribution in [2.75, 3.05) is 23.7 Å². The second kappa shape index (κ2) is 5.14. The minimum atomic E-state index is -0.541. The molecule has 2 aliphatic rings. The summed E-state index contributed by atoms with van der Waals surface area (Å²) in [5, 5.41) is 21.4. The van der Waals surface area contributed by atoms with E-state index in [9.17, 15) is 15.2 Å². The highest BCUT2D eigenvalue weighted by Gasteiger charge is 2.43. The molecule has 1 saturated heterocycles. The molecule has 21 heavy (non-hydrogen) atoms. The summed E-state index contributed by atoms with van der Waals surface area (Å²) in [6.07, 6.45) is 4.86. The average molecular weight is 292 g/mol. The molecular formula is C14H20N4O3. The second-order valence-corrected chi connectivity index (χ2v) is 6.07. The van der Waals surface area contributed by atoms with Crippen molar-refractivity contribution in [1.29, 1.82) is 0 Å². The molecule has 0 aromatic carbocycles. The molecule has 1 aliphatic carbocycles. The number of aliphatic hydroxyl groups is 1. The van der Waals surface area contributed by atoms with Crippen molar-refractivity contribution in [3.05, 3.63) is 22.2 Å². The van der Waals surface area contributed by atoms with Gasteiger partial charge in [0.15, 0.2) is 0 Å². The molecule has 2 unspecified atom stereocenters. The number of anilines is 2. The molecule has 0 bridgehead atoms. The summed E-state index contributed by atoms with van der Waals surface area (Å²) in [4.78, 5) is 16.5. The molecule has 7 nitrogen and oxygen atoms in total. The fraction of sp³-hybridized carbons (Fsp3) is 0.643. The fourth-order valence-electron chi connectivity index (χ4n) is 3.57. The largest absolute Gasteiger partial charge is 0.389 e. The van der Waals surface area contributed by atoms with Crippen LogP contribution in [0.25, 0.3) is 0 Å². The molecule has 3 N–H and O–H groups in total. The molecule has 1 aromatic rings. The molecule has 0 radical (unpaired) electrons. The molecule has 2 heterocycles. The van der Waals surface area contributed by atoms with Gasteiger partial charge in [-0.2, -0.15) is 0 Å². The van der Waals surface area contributed by atoms with Crippen LogP contribution in [0.2, 0.25) is 0 Å². The van der Waals surface area contributed by atoms with E-state index in [4.69, 9.17) is 5.73 Å². The van der Waals surface area contributed by atoms with E-state index in [0.29, 0.717) is 12.4 Å². The van der Waals surface area contributed by atoms with Gasteiger partial charge in [-0.1, -0.05) is 12.8 Å². The molecule has 114 valence electrons. The van der Waals surface area contributed by atoms with Crippen molar-refractivity contribution in [1.82, 2.24) is 4.98 Å². The summed E-state index contributed by atoms with van der Waals surface area (Å²) < 4.78 is 0. The maximum atomic E-state index is 10.8. The zero-order valence-corrected chi connectivity index (χ0v) is 11.9. The third-order valence-electron chi connectivity index (χ3n) is 4.84. The van der Waals surface area contributed by atoms with Gasteiger partial charge in [0.2, 0.25) is 5.82 Å². The van der Waals surface area contributed by atoms with Gasteiger partial charge >= 0.3 is 5.69 Å². The van der Waals surface area contributed by atoms with E-state index >= 15 is 0 Å². The van der Waals surface area contributed by atoms with Crippen LogP contribution in [0.5, 0.6) is 0 Å². The van der Waals surface area contributed by atoms with Crippen LogP contribution in [0.4, 0.5) is 17.3 Å². The standard InChI is InChI=1S/C14H20N4O3/c15-13-11(18(20)21)4-5-12(16-13)17-8-7-14(19)6-2-1-3-10(14)9-17/h4-5,10,19H,1-3,6-9H2,(H2,15,16). The number of nitrogen functional groups attached to an aromatic ring is 1. The number of hydrogen-bond acceptors (Lipinski definition) is 6. The minimum absolute atomic E-state index is 0.0537. The first-order chi connectivity index (χ1) is 9.99.